The molecule has 0 bridgehead atoms. The van der Waals surface area contributed by atoms with Crippen molar-refractivity contribution in [2.24, 2.45) is 0 Å². The minimum atomic E-state index is -4.82. The number of halogens is 4. The number of aromatic nitrogens is 2. The van der Waals surface area contributed by atoms with Gasteiger partial charge in [0, 0.05) is 18.3 Å². The van der Waals surface area contributed by atoms with Crippen molar-refractivity contribution in [1.82, 2.24) is 13.7 Å². The topological polar surface area (TPSA) is 54.7 Å². The van der Waals surface area contributed by atoms with Crippen LogP contribution in [0.5, 0.6) is 0 Å². The predicted octanol–water partition coefficient (Wildman–Crippen LogP) is 3.91. The summed E-state index contributed by atoms with van der Waals surface area (Å²) in [5, 5.41) is -0.0965. The monoisotopic (exact) mass is 403 g/mol. The summed E-state index contributed by atoms with van der Waals surface area (Å²) in [6.45, 7) is 0. The first-order chi connectivity index (χ1) is 12.1. The van der Waals surface area contributed by atoms with Crippen LogP contribution in [0.15, 0.2) is 59.9 Å². The summed E-state index contributed by atoms with van der Waals surface area (Å²) in [7, 11) is -3.59. The van der Waals surface area contributed by atoms with E-state index in [2.05, 4.69) is 4.98 Å². The van der Waals surface area contributed by atoms with Crippen LogP contribution in [0, 0.1) is 0 Å². The first kappa shape index (κ1) is 18.7. The van der Waals surface area contributed by atoms with Gasteiger partial charge < -0.3 is 0 Å². The van der Waals surface area contributed by atoms with E-state index in [1.54, 1.807) is 18.2 Å². The highest BCUT2D eigenvalue weighted by Crippen LogP contribution is 2.39. The fourth-order valence-electron chi connectivity index (χ4n) is 2.64. The van der Waals surface area contributed by atoms with E-state index < -0.39 is 22.2 Å². The molecule has 0 fully saturated rings. The van der Waals surface area contributed by atoms with Gasteiger partial charge in [0.1, 0.15) is 11.7 Å². The molecule has 2 aromatic heterocycles. The number of fused-ring (bicyclic) bond motifs is 1. The summed E-state index contributed by atoms with van der Waals surface area (Å²) in [6, 6.07) is 7.28. The van der Waals surface area contributed by atoms with Crippen LogP contribution in [0.3, 0.4) is 0 Å². The van der Waals surface area contributed by atoms with Crippen LogP contribution in [0.25, 0.3) is 5.65 Å². The molecule has 5 nitrogen and oxygen atoms in total. The summed E-state index contributed by atoms with van der Waals surface area (Å²) < 4.78 is 68.3. The fourth-order valence-corrected chi connectivity index (χ4v) is 4.17. The van der Waals surface area contributed by atoms with E-state index in [1.807, 2.05) is 0 Å². The van der Waals surface area contributed by atoms with E-state index >= 15 is 0 Å². The second-order valence-electron chi connectivity index (χ2n) is 5.54. The third-order valence-electron chi connectivity index (χ3n) is 3.89. The van der Waals surface area contributed by atoms with Gasteiger partial charge in [-0.15, -0.1) is 0 Å². The molecule has 3 aromatic rings. The van der Waals surface area contributed by atoms with Crippen molar-refractivity contribution in [3.8, 4) is 0 Å². The van der Waals surface area contributed by atoms with E-state index in [-0.39, 0.29) is 15.6 Å². The summed E-state index contributed by atoms with van der Waals surface area (Å²) >= 11 is 5.72. The Morgan fingerprint density at radius 1 is 1.15 bits per heavy atom. The number of pyridine rings is 1. The van der Waals surface area contributed by atoms with Crippen LogP contribution < -0.4 is 0 Å². The Hall–Kier alpha value is -2.10. The Labute approximate surface area is 152 Å². The molecule has 0 aliphatic heterocycles. The van der Waals surface area contributed by atoms with Crippen molar-refractivity contribution < 1.29 is 21.6 Å². The Morgan fingerprint density at radius 2 is 1.81 bits per heavy atom. The van der Waals surface area contributed by atoms with Gasteiger partial charge in [0.25, 0.3) is 10.0 Å². The molecule has 0 spiro atoms. The normalized spacial score (nSPS) is 14.1. The second kappa shape index (κ2) is 6.57. The third kappa shape index (κ3) is 3.29. The number of hydrogen-bond donors (Lipinski definition) is 0. The van der Waals surface area contributed by atoms with Gasteiger partial charge in [-0.2, -0.15) is 17.5 Å². The second-order valence-corrected chi connectivity index (χ2v) is 7.92. The molecule has 3 rings (SSSR count). The average molecular weight is 404 g/mol. The Morgan fingerprint density at radius 3 is 2.42 bits per heavy atom. The molecule has 1 aromatic carbocycles. The van der Waals surface area contributed by atoms with Gasteiger partial charge in [-0.05, 0) is 29.8 Å². The maximum Gasteiger partial charge on any atom is 0.409 e. The molecular weight excluding hydrogens is 391 g/mol. The minimum Gasteiger partial charge on any atom is -0.289 e. The van der Waals surface area contributed by atoms with Crippen molar-refractivity contribution in [2.75, 3.05) is 7.05 Å². The zero-order chi connectivity index (χ0) is 19.1. The van der Waals surface area contributed by atoms with Gasteiger partial charge in [0.15, 0.2) is 5.03 Å². The number of rotatable bonds is 4. The van der Waals surface area contributed by atoms with Crippen molar-refractivity contribution in [2.45, 2.75) is 17.2 Å². The molecule has 1 atom stereocenters. The van der Waals surface area contributed by atoms with Gasteiger partial charge in [0.2, 0.25) is 0 Å². The standard InChI is InChI=1S/C16H13ClF3N3O2S/c1-22(15(16(18,19)20)11-5-7-12(17)8-6-11)26(24,25)14-10-21-13-4-2-3-9-23(13)14/h2-10,15H,1H3/t15-/m1/s1. The number of imidazole rings is 1. The zero-order valence-corrected chi connectivity index (χ0v) is 14.9. The van der Waals surface area contributed by atoms with Crippen LogP contribution in [-0.2, 0) is 10.0 Å². The molecule has 0 saturated heterocycles. The van der Waals surface area contributed by atoms with Crippen LogP contribution in [0.4, 0.5) is 13.2 Å². The van der Waals surface area contributed by atoms with Gasteiger partial charge in [-0.3, -0.25) is 4.40 Å². The maximum absolute atomic E-state index is 13.7. The lowest BCUT2D eigenvalue weighted by atomic mass is 10.1. The van der Waals surface area contributed by atoms with Crippen molar-refractivity contribution in [3.63, 3.8) is 0 Å². The highest BCUT2D eigenvalue weighted by molar-refractivity contribution is 7.89. The summed E-state index contributed by atoms with van der Waals surface area (Å²) in [6.07, 6.45) is -2.36. The SMILES string of the molecule is CN([C@H](c1ccc(Cl)cc1)C(F)(F)F)S(=O)(=O)c1cnc2ccccn12. The largest absolute Gasteiger partial charge is 0.409 e. The van der Waals surface area contributed by atoms with E-state index in [1.165, 1.54) is 22.7 Å². The fraction of sp³-hybridized carbons (Fsp3) is 0.188. The Kier molecular flexibility index (Phi) is 4.72. The molecule has 138 valence electrons. The van der Waals surface area contributed by atoms with Gasteiger partial charge in [-0.1, -0.05) is 29.8 Å². The molecule has 0 N–H and O–H groups in total. The van der Waals surface area contributed by atoms with Crippen molar-refractivity contribution in [1.29, 1.82) is 0 Å². The molecule has 0 unspecified atom stereocenters. The highest BCUT2D eigenvalue weighted by Gasteiger charge is 2.48. The van der Waals surface area contributed by atoms with Gasteiger partial charge in [0.05, 0.1) is 6.20 Å². The van der Waals surface area contributed by atoms with E-state index in [0.29, 0.717) is 9.95 Å². The quantitative estimate of drug-likeness (QED) is 0.663. The van der Waals surface area contributed by atoms with Crippen LogP contribution in [-0.4, -0.2) is 35.3 Å². The minimum absolute atomic E-state index is 0.234. The summed E-state index contributed by atoms with van der Waals surface area (Å²) in [5.74, 6) is 0. The molecule has 2 heterocycles. The van der Waals surface area contributed by atoms with E-state index in [4.69, 9.17) is 11.6 Å². The predicted molar refractivity (Wildman–Crippen MR) is 90.4 cm³/mol. The van der Waals surface area contributed by atoms with Crippen LogP contribution in [0.2, 0.25) is 5.02 Å². The summed E-state index contributed by atoms with van der Waals surface area (Å²) in [5.41, 5.74) is 0.0799. The van der Waals surface area contributed by atoms with Gasteiger partial charge >= 0.3 is 6.18 Å². The summed E-state index contributed by atoms with van der Waals surface area (Å²) in [4.78, 5) is 3.93. The average Bonchev–Trinajstić information content (AvgIpc) is 3.00. The molecule has 0 saturated carbocycles. The van der Waals surface area contributed by atoms with E-state index in [9.17, 15) is 21.6 Å². The lowest BCUT2D eigenvalue weighted by Gasteiger charge is -2.29. The van der Waals surface area contributed by atoms with Crippen LogP contribution in [0.1, 0.15) is 11.6 Å². The first-order valence-electron chi connectivity index (χ1n) is 7.34. The Balaban J connectivity index is 2.11. The lowest BCUT2D eigenvalue weighted by Crippen LogP contribution is -2.40. The maximum atomic E-state index is 13.7. The third-order valence-corrected chi connectivity index (χ3v) is 5.94. The molecule has 0 aliphatic rings. The van der Waals surface area contributed by atoms with Gasteiger partial charge in [-0.25, -0.2) is 13.4 Å². The van der Waals surface area contributed by atoms with Crippen molar-refractivity contribution in [3.05, 3.63) is 65.4 Å². The molecule has 0 aliphatic carbocycles. The molecule has 0 amide bonds. The Bertz CT molecular complexity index is 1030. The van der Waals surface area contributed by atoms with Crippen LogP contribution >= 0.6 is 11.6 Å². The number of nitrogens with zero attached hydrogens (tertiary/aromatic N) is 3. The highest BCUT2D eigenvalue weighted by atomic mass is 35.5. The number of alkyl halides is 3. The molecule has 0 radical (unpaired) electrons. The number of sulfonamides is 1. The molecule has 10 heteroatoms. The van der Waals surface area contributed by atoms with E-state index in [0.717, 1.165) is 25.4 Å². The first-order valence-corrected chi connectivity index (χ1v) is 9.16. The lowest BCUT2D eigenvalue weighted by molar-refractivity contribution is -0.171. The molecular formula is C16H13ClF3N3O2S. The zero-order valence-electron chi connectivity index (χ0n) is 13.4. The van der Waals surface area contributed by atoms with Crippen molar-refractivity contribution >= 4 is 27.3 Å². The molecule has 26 heavy (non-hydrogen) atoms. The number of benzene rings is 1. The smallest absolute Gasteiger partial charge is 0.289 e. The number of hydrogen-bond acceptors (Lipinski definition) is 3.